The fraction of sp³-hybridized carbons (Fsp3) is 0.522. The SMILES string of the molecule is Cc1ccc(CN2CCN(C(=O)n3ccc(C(=O)O)n3)CC2)cc1N1C2CCC1COC2. The van der Waals surface area contributed by atoms with Crippen molar-refractivity contribution in [2.24, 2.45) is 0 Å². The van der Waals surface area contributed by atoms with Crippen molar-refractivity contribution in [3.05, 3.63) is 47.3 Å². The summed E-state index contributed by atoms with van der Waals surface area (Å²) in [5, 5.41) is 12.9. The smallest absolute Gasteiger partial charge is 0.356 e. The molecule has 2 aromatic rings. The van der Waals surface area contributed by atoms with Gasteiger partial charge in [0.15, 0.2) is 5.69 Å². The number of benzene rings is 1. The minimum Gasteiger partial charge on any atom is -0.476 e. The van der Waals surface area contributed by atoms with E-state index in [1.54, 1.807) is 4.90 Å². The van der Waals surface area contributed by atoms with Crippen LogP contribution in [-0.2, 0) is 11.3 Å². The maximum Gasteiger partial charge on any atom is 0.356 e. The summed E-state index contributed by atoms with van der Waals surface area (Å²) in [6.45, 7) is 7.39. The summed E-state index contributed by atoms with van der Waals surface area (Å²) in [6, 6.07) is 8.79. The summed E-state index contributed by atoms with van der Waals surface area (Å²) < 4.78 is 6.87. The lowest BCUT2D eigenvalue weighted by Gasteiger charge is -2.38. The Morgan fingerprint density at radius 1 is 1.09 bits per heavy atom. The van der Waals surface area contributed by atoms with Crippen LogP contribution in [0.1, 0.15) is 34.5 Å². The second kappa shape index (κ2) is 8.55. The molecule has 170 valence electrons. The highest BCUT2D eigenvalue weighted by Crippen LogP contribution is 2.36. The lowest BCUT2D eigenvalue weighted by Crippen LogP contribution is -2.49. The minimum atomic E-state index is -1.14. The summed E-state index contributed by atoms with van der Waals surface area (Å²) in [5.41, 5.74) is 3.80. The number of carboxylic acids is 1. The molecule has 1 aromatic heterocycles. The molecule has 0 aliphatic carbocycles. The van der Waals surface area contributed by atoms with Crippen molar-refractivity contribution in [1.29, 1.82) is 0 Å². The van der Waals surface area contributed by atoms with Crippen LogP contribution in [0.25, 0.3) is 0 Å². The third-order valence-corrected chi connectivity index (χ3v) is 6.85. The van der Waals surface area contributed by atoms with Gasteiger partial charge in [0, 0.05) is 44.6 Å². The normalized spacial score (nSPS) is 23.5. The predicted molar refractivity (Wildman–Crippen MR) is 118 cm³/mol. The molecule has 3 aliphatic heterocycles. The van der Waals surface area contributed by atoms with E-state index in [1.165, 1.54) is 41.9 Å². The zero-order valence-corrected chi connectivity index (χ0v) is 18.3. The third kappa shape index (κ3) is 3.98. The van der Waals surface area contributed by atoms with Crippen molar-refractivity contribution in [2.45, 2.75) is 38.4 Å². The number of fused-ring (bicyclic) bond motifs is 2. The maximum absolute atomic E-state index is 12.6. The summed E-state index contributed by atoms with van der Waals surface area (Å²) in [5.74, 6) is -1.14. The molecule has 1 aromatic carbocycles. The van der Waals surface area contributed by atoms with Crippen molar-refractivity contribution < 1.29 is 19.4 Å². The molecule has 3 aliphatic rings. The van der Waals surface area contributed by atoms with E-state index in [1.807, 2.05) is 0 Å². The molecular weight excluding hydrogens is 410 g/mol. The van der Waals surface area contributed by atoms with Gasteiger partial charge in [0.25, 0.3) is 0 Å². The molecule has 32 heavy (non-hydrogen) atoms. The average Bonchev–Trinajstić information content (AvgIpc) is 3.38. The van der Waals surface area contributed by atoms with Crippen LogP contribution in [0.5, 0.6) is 0 Å². The fourth-order valence-electron chi connectivity index (χ4n) is 5.10. The van der Waals surface area contributed by atoms with E-state index in [4.69, 9.17) is 9.84 Å². The standard InChI is InChI=1S/C23H29N5O4/c1-16-2-3-17(12-21(16)28-18-4-5-19(28)15-32-14-18)13-25-8-10-26(11-9-25)23(31)27-7-6-20(24-27)22(29)30/h2-3,6-7,12,18-19H,4-5,8-11,13-15H2,1H3,(H,29,30). The van der Waals surface area contributed by atoms with Crippen molar-refractivity contribution in [2.75, 3.05) is 44.3 Å². The van der Waals surface area contributed by atoms with Crippen LogP contribution in [0.4, 0.5) is 10.5 Å². The van der Waals surface area contributed by atoms with Gasteiger partial charge in [0.2, 0.25) is 0 Å². The monoisotopic (exact) mass is 439 g/mol. The molecule has 1 amide bonds. The molecular formula is C23H29N5O4. The number of ether oxygens (including phenoxy) is 1. The number of amides is 1. The van der Waals surface area contributed by atoms with Crippen molar-refractivity contribution in [1.82, 2.24) is 19.6 Å². The van der Waals surface area contributed by atoms with E-state index < -0.39 is 5.97 Å². The quantitative estimate of drug-likeness (QED) is 0.780. The van der Waals surface area contributed by atoms with Gasteiger partial charge < -0.3 is 19.6 Å². The Morgan fingerprint density at radius 2 is 1.81 bits per heavy atom. The predicted octanol–water partition coefficient (Wildman–Crippen LogP) is 2.04. The van der Waals surface area contributed by atoms with E-state index in [-0.39, 0.29) is 11.7 Å². The Balaban J connectivity index is 1.21. The highest BCUT2D eigenvalue weighted by atomic mass is 16.5. The first kappa shape index (κ1) is 21.0. The van der Waals surface area contributed by atoms with E-state index in [0.29, 0.717) is 25.2 Å². The molecule has 9 heteroatoms. The summed E-state index contributed by atoms with van der Waals surface area (Å²) >= 11 is 0. The first-order chi connectivity index (χ1) is 15.5. The van der Waals surface area contributed by atoms with E-state index in [2.05, 4.69) is 40.0 Å². The number of aromatic carboxylic acids is 1. The highest BCUT2D eigenvalue weighted by molar-refractivity contribution is 5.86. The van der Waals surface area contributed by atoms with Crippen molar-refractivity contribution in [3.63, 3.8) is 0 Å². The molecule has 0 radical (unpaired) electrons. The molecule has 3 fully saturated rings. The van der Waals surface area contributed by atoms with Crippen molar-refractivity contribution >= 4 is 17.7 Å². The van der Waals surface area contributed by atoms with Crippen molar-refractivity contribution in [3.8, 4) is 0 Å². The third-order valence-electron chi connectivity index (χ3n) is 6.85. The molecule has 2 bridgehead atoms. The minimum absolute atomic E-state index is 0.124. The number of morpholine rings is 1. The highest BCUT2D eigenvalue weighted by Gasteiger charge is 2.38. The van der Waals surface area contributed by atoms with Gasteiger partial charge in [-0.2, -0.15) is 9.78 Å². The number of nitrogens with zero attached hydrogens (tertiary/aromatic N) is 5. The lowest BCUT2D eigenvalue weighted by molar-refractivity contribution is 0.0689. The fourth-order valence-corrected chi connectivity index (χ4v) is 5.10. The second-order valence-corrected chi connectivity index (χ2v) is 8.95. The first-order valence-corrected chi connectivity index (χ1v) is 11.3. The molecule has 4 heterocycles. The number of aromatic nitrogens is 2. The second-order valence-electron chi connectivity index (χ2n) is 8.95. The molecule has 2 unspecified atom stereocenters. The number of hydrogen-bond donors (Lipinski definition) is 1. The average molecular weight is 440 g/mol. The van der Waals surface area contributed by atoms with Gasteiger partial charge in [-0.25, -0.2) is 9.59 Å². The number of hydrogen-bond acceptors (Lipinski definition) is 6. The number of anilines is 1. The van der Waals surface area contributed by atoms with Gasteiger partial charge in [0.05, 0.1) is 25.3 Å². The Morgan fingerprint density at radius 3 is 2.47 bits per heavy atom. The van der Waals surface area contributed by atoms with Gasteiger partial charge in [-0.05, 0) is 43.0 Å². The van der Waals surface area contributed by atoms with Gasteiger partial charge in [0.1, 0.15) is 0 Å². The van der Waals surface area contributed by atoms with Gasteiger partial charge in [-0.3, -0.25) is 4.90 Å². The van der Waals surface area contributed by atoms with Crippen LogP contribution in [0.3, 0.4) is 0 Å². The Hall–Kier alpha value is -2.91. The van der Waals surface area contributed by atoms with E-state index >= 15 is 0 Å². The van der Waals surface area contributed by atoms with Gasteiger partial charge in [-0.1, -0.05) is 12.1 Å². The van der Waals surface area contributed by atoms with Crippen LogP contribution in [0.2, 0.25) is 0 Å². The summed E-state index contributed by atoms with van der Waals surface area (Å²) in [6.07, 6.45) is 3.81. The summed E-state index contributed by atoms with van der Waals surface area (Å²) in [4.78, 5) is 30.3. The molecule has 9 nitrogen and oxygen atoms in total. The van der Waals surface area contributed by atoms with E-state index in [0.717, 1.165) is 37.5 Å². The van der Waals surface area contributed by atoms with Crippen LogP contribution < -0.4 is 4.90 Å². The number of carbonyl (C=O) groups is 2. The van der Waals surface area contributed by atoms with Gasteiger partial charge >= 0.3 is 12.0 Å². The van der Waals surface area contributed by atoms with Crippen LogP contribution in [-0.4, -0.2) is 88.2 Å². The maximum atomic E-state index is 12.6. The Labute approximate surface area is 187 Å². The Kier molecular flexibility index (Phi) is 5.60. The summed E-state index contributed by atoms with van der Waals surface area (Å²) in [7, 11) is 0. The Bertz CT molecular complexity index is 998. The first-order valence-electron chi connectivity index (χ1n) is 11.3. The largest absolute Gasteiger partial charge is 0.476 e. The molecule has 5 rings (SSSR count). The number of carbonyl (C=O) groups excluding carboxylic acids is 1. The molecule has 1 N–H and O–H groups in total. The number of aryl methyl sites for hydroxylation is 1. The van der Waals surface area contributed by atoms with Crippen LogP contribution in [0.15, 0.2) is 30.5 Å². The number of rotatable bonds is 4. The van der Waals surface area contributed by atoms with Crippen LogP contribution in [0, 0.1) is 6.92 Å². The van der Waals surface area contributed by atoms with Gasteiger partial charge in [-0.15, -0.1) is 0 Å². The molecule has 0 saturated carbocycles. The molecule has 3 saturated heterocycles. The van der Waals surface area contributed by atoms with E-state index in [9.17, 15) is 9.59 Å². The van der Waals surface area contributed by atoms with Crippen LogP contribution >= 0.6 is 0 Å². The topological polar surface area (TPSA) is 91.1 Å². The number of piperazine rings is 1. The zero-order chi connectivity index (χ0) is 22.2. The lowest BCUT2D eigenvalue weighted by atomic mass is 10.1. The molecule has 2 atom stereocenters. The number of carboxylic acid groups (broad SMARTS) is 1. The zero-order valence-electron chi connectivity index (χ0n) is 18.3. The molecule has 0 spiro atoms.